The van der Waals surface area contributed by atoms with Crippen LogP contribution in [0, 0.1) is 0 Å². The van der Waals surface area contributed by atoms with E-state index in [1.807, 2.05) is 6.92 Å². The highest BCUT2D eigenvalue weighted by molar-refractivity contribution is 6.30. The number of halogens is 1. The molecule has 118 valence electrons. The number of nitrogens with one attached hydrogen (secondary N) is 2. The van der Waals surface area contributed by atoms with Crippen LogP contribution in [0.3, 0.4) is 0 Å². The van der Waals surface area contributed by atoms with E-state index in [0.717, 1.165) is 12.0 Å². The lowest BCUT2D eigenvalue weighted by molar-refractivity contribution is -0.127. The molecule has 22 heavy (non-hydrogen) atoms. The maximum Gasteiger partial charge on any atom is 0.251 e. The first kappa shape index (κ1) is 16.4. The summed E-state index contributed by atoms with van der Waals surface area (Å²) in [6.07, 6.45) is 2.58. The molecule has 0 fully saturated rings. The molecule has 0 aliphatic carbocycles. The Morgan fingerprint density at radius 1 is 1.41 bits per heavy atom. The first-order valence-electron chi connectivity index (χ1n) is 7.22. The third kappa shape index (κ3) is 4.01. The predicted octanol–water partition coefficient (Wildman–Crippen LogP) is 2.15. The number of rotatable bonds is 5. The minimum Gasteiger partial charge on any atom is -0.488 e. The predicted molar refractivity (Wildman–Crippen MR) is 85.8 cm³/mol. The van der Waals surface area contributed by atoms with E-state index in [9.17, 15) is 9.59 Å². The summed E-state index contributed by atoms with van der Waals surface area (Å²) < 4.78 is 5.53. The van der Waals surface area contributed by atoms with E-state index in [-0.39, 0.29) is 18.4 Å². The quantitative estimate of drug-likeness (QED) is 0.873. The summed E-state index contributed by atoms with van der Waals surface area (Å²) in [6, 6.07) is 4.64. The van der Waals surface area contributed by atoms with Crippen molar-refractivity contribution in [1.29, 1.82) is 0 Å². The highest BCUT2D eigenvalue weighted by Gasteiger charge is 2.21. The van der Waals surface area contributed by atoms with Crippen molar-refractivity contribution in [2.45, 2.75) is 26.3 Å². The normalized spacial score (nSPS) is 14.2. The van der Waals surface area contributed by atoms with Crippen molar-refractivity contribution < 1.29 is 14.3 Å². The molecule has 1 heterocycles. The number of hydrogen-bond donors (Lipinski definition) is 2. The van der Waals surface area contributed by atoms with Gasteiger partial charge in [0.15, 0.2) is 0 Å². The molecule has 1 aromatic rings. The second-order valence-corrected chi connectivity index (χ2v) is 5.56. The van der Waals surface area contributed by atoms with Crippen molar-refractivity contribution >= 4 is 29.5 Å². The molecule has 1 aliphatic heterocycles. The van der Waals surface area contributed by atoms with Gasteiger partial charge in [-0.05, 0) is 37.6 Å². The second-order valence-electron chi connectivity index (χ2n) is 5.13. The fraction of sp³-hybridized carbons (Fsp3) is 0.375. The molecule has 0 saturated heterocycles. The molecule has 0 bridgehead atoms. The van der Waals surface area contributed by atoms with Gasteiger partial charge >= 0.3 is 0 Å². The maximum atomic E-state index is 12.2. The first-order valence-corrected chi connectivity index (χ1v) is 7.60. The Morgan fingerprint density at radius 2 is 2.18 bits per heavy atom. The summed E-state index contributed by atoms with van der Waals surface area (Å²) in [6.45, 7) is 4.38. The van der Waals surface area contributed by atoms with Crippen molar-refractivity contribution in [2.75, 3.05) is 13.2 Å². The molecule has 5 nitrogen and oxygen atoms in total. The van der Waals surface area contributed by atoms with Crippen LogP contribution >= 0.6 is 11.6 Å². The Bertz CT molecular complexity index is 613. The first-order chi connectivity index (χ1) is 10.5. The monoisotopic (exact) mass is 322 g/mol. The standard InChI is InChI=1S/C16H19ClN2O3/c1-3-6-18-15(20)10(2)19-16(21)12-7-11-8-13(17)4-5-14(11)22-9-12/h4-5,7-8,10H,3,6,9H2,1-2H3,(H,18,20)(H,19,21). The van der Waals surface area contributed by atoms with Gasteiger partial charge in [0.25, 0.3) is 5.91 Å². The van der Waals surface area contributed by atoms with Crippen LogP contribution < -0.4 is 15.4 Å². The van der Waals surface area contributed by atoms with Crippen LogP contribution in [-0.2, 0) is 9.59 Å². The van der Waals surface area contributed by atoms with Gasteiger partial charge in [-0.25, -0.2) is 0 Å². The van der Waals surface area contributed by atoms with E-state index in [0.29, 0.717) is 22.9 Å². The van der Waals surface area contributed by atoms with E-state index in [1.54, 1.807) is 31.2 Å². The molecule has 1 aromatic carbocycles. The summed E-state index contributed by atoms with van der Waals surface area (Å²) in [5.74, 6) is 0.176. The topological polar surface area (TPSA) is 67.4 Å². The highest BCUT2D eigenvalue weighted by Crippen LogP contribution is 2.28. The molecule has 2 N–H and O–H groups in total. The number of ether oxygens (including phenoxy) is 1. The van der Waals surface area contributed by atoms with Crippen LogP contribution in [-0.4, -0.2) is 31.0 Å². The number of carbonyl (C=O) groups excluding carboxylic acids is 2. The van der Waals surface area contributed by atoms with Crippen molar-refractivity contribution in [2.24, 2.45) is 0 Å². The molecule has 2 rings (SSSR count). The molecule has 6 heteroatoms. The largest absolute Gasteiger partial charge is 0.488 e. The number of hydrogen-bond acceptors (Lipinski definition) is 3. The molecule has 1 unspecified atom stereocenters. The number of benzene rings is 1. The van der Waals surface area contributed by atoms with Crippen LogP contribution in [0.1, 0.15) is 25.8 Å². The smallest absolute Gasteiger partial charge is 0.251 e. The molecular weight excluding hydrogens is 304 g/mol. The number of carbonyl (C=O) groups is 2. The lowest BCUT2D eigenvalue weighted by Gasteiger charge is -2.19. The van der Waals surface area contributed by atoms with E-state index >= 15 is 0 Å². The lowest BCUT2D eigenvalue weighted by Crippen LogP contribution is -2.46. The summed E-state index contributed by atoms with van der Waals surface area (Å²) in [7, 11) is 0. The van der Waals surface area contributed by atoms with Crippen LogP contribution in [0.4, 0.5) is 0 Å². The van der Waals surface area contributed by atoms with Gasteiger partial charge < -0.3 is 15.4 Å². The summed E-state index contributed by atoms with van der Waals surface area (Å²) in [4.78, 5) is 24.0. The maximum absolute atomic E-state index is 12.2. The molecule has 0 spiro atoms. The van der Waals surface area contributed by atoms with E-state index < -0.39 is 6.04 Å². The third-order valence-corrected chi connectivity index (χ3v) is 3.50. The molecule has 1 aliphatic rings. The van der Waals surface area contributed by atoms with Gasteiger partial charge in [0, 0.05) is 17.1 Å². The minimum absolute atomic E-state index is 0.170. The van der Waals surface area contributed by atoms with E-state index in [2.05, 4.69) is 10.6 Å². The van der Waals surface area contributed by atoms with Gasteiger partial charge in [0.1, 0.15) is 18.4 Å². The number of fused-ring (bicyclic) bond motifs is 1. The molecular formula is C16H19ClN2O3. The van der Waals surface area contributed by atoms with Crippen LogP contribution in [0.25, 0.3) is 6.08 Å². The van der Waals surface area contributed by atoms with Gasteiger partial charge in [-0.3, -0.25) is 9.59 Å². The van der Waals surface area contributed by atoms with Crippen molar-refractivity contribution in [1.82, 2.24) is 10.6 Å². The zero-order chi connectivity index (χ0) is 16.1. The Labute approximate surface area is 134 Å². The van der Waals surface area contributed by atoms with Crippen molar-refractivity contribution in [3.63, 3.8) is 0 Å². The van der Waals surface area contributed by atoms with Crippen molar-refractivity contribution in [3.8, 4) is 5.75 Å². The summed E-state index contributed by atoms with van der Waals surface area (Å²) in [5.41, 5.74) is 1.22. The fourth-order valence-electron chi connectivity index (χ4n) is 2.04. The Kier molecular flexibility index (Phi) is 5.44. The Morgan fingerprint density at radius 3 is 2.91 bits per heavy atom. The Balaban J connectivity index is 2.03. The minimum atomic E-state index is -0.597. The molecule has 0 radical (unpaired) electrons. The number of amides is 2. The molecule has 2 amide bonds. The highest BCUT2D eigenvalue weighted by atomic mass is 35.5. The van der Waals surface area contributed by atoms with Crippen LogP contribution in [0.5, 0.6) is 5.75 Å². The summed E-state index contributed by atoms with van der Waals surface area (Å²) in [5, 5.41) is 5.99. The average molecular weight is 323 g/mol. The zero-order valence-electron chi connectivity index (χ0n) is 12.6. The average Bonchev–Trinajstić information content (AvgIpc) is 2.51. The molecule has 0 aromatic heterocycles. The van der Waals surface area contributed by atoms with Crippen LogP contribution in [0.15, 0.2) is 23.8 Å². The molecule has 1 atom stereocenters. The van der Waals surface area contributed by atoms with E-state index in [1.165, 1.54) is 0 Å². The SMILES string of the molecule is CCCNC(=O)C(C)NC(=O)C1=Cc2cc(Cl)ccc2OC1. The van der Waals surface area contributed by atoms with Gasteiger partial charge in [0.05, 0.1) is 5.57 Å². The van der Waals surface area contributed by atoms with Gasteiger partial charge in [-0.15, -0.1) is 0 Å². The molecule has 0 saturated carbocycles. The van der Waals surface area contributed by atoms with Gasteiger partial charge in [-0.1, -0.05) is 18.5 Å². The Hall–Kier alpha value is -2.01. The van der Waals surface area contributed by atoms with Crippen LogP contribution in [0.2, 0.25) is 5.02 Å². The fourth-order valence-corrected chi connectivity index (χ4v) is 2.22. The summed E-state index contributed by atoms with van der Waals surface area (Å²) >= 11 is 5.94. The zero-order valence-corrected chi connectivity index (χ0v) is 13.4. The van der Waals surface area contributed by atoms with Gasteiger partial charge in [-0.2, -0.15) is 0 Å². The van der Waals surface area contributed by atoms with Crippen molar-refractivity contribution in [3.05, 3.63) is 34.4 Å². The lowest BCUT2D eigenvalue weighted by atomic mass is 10.1. The second kappa shape index (κ2) is 7.31. The third-order valence-electron chi connectivity index (χ3n) is 3.27. The van der Waals surface area contributed by atoms with E-state index in [4.69, 9.17) is 16.3 Å². The van der Waals surface area contributed by atoms with Gasteiger partial charge in [0.2, 0.25) is 5.91 Å².